The monoisotopic (exact) mass is 290 g/mol. The second-order valence-corrected chi connectivity index (χ2v) is 4.61. The van der Waals surface area contributed by atoms with Crippen LogP contribution in [0, 0.1) is 13.8 Å². The number of aromatic nitrogens is 2. The molecule has 9 heteroatoms. The van der Waals surface area contributed by atoms with Gasteiger partial charge in [-0.1, -0.05) is 0 Å². The Hall–Kier alpha value is -1.90. The number of carbonyl (C=O) groups excluding carboxylic acids is 1. The second-order valence-electron chi connectivity index (χ2n) is 4.61. The molecule has 1 aliphatic rings. The van der Waals surface area contributed by atoms with Crippen LogP contribution in [-0.2, 0) is 11.3 Å². The van der Waals surface area contributed by atoms with E-state index in [0.29, 0.717) is 11.4 Å². The number of hydrogen-bond donors (Lipinski definition) is 1. The van der Waals surface area contributed by atoms with Gasteiger partial charge in [-0.15, -0.1) is 0 Å². The van der Waals surface area contributed by atoms with Crippen LogP contribution in [0.2, 0.25) is 0 Å². The summed E-state index contributed by atoms with van der Waals surface area (Å²) >= 11 is 0. The Bertz CT molecular complexity index is 567. The first-order valence-corrected chi connectivity index (χ1v) is 5.81. The van der Waals surface area contributed by atoms with Gasteiger partial charge in [0.2, 0.25) is 0 Å². The smallest absolute Gasteiger partial charge is 0.362 e. The van der Waals surface area contributed by atoms with Gasteiger partial charge < -0.3 is 5.11 Å². The lowest BCUT2D eigenvalue weighted by molar-refractivity contribution is -0.302. The van der Waals surface area contributed by atoms with Gasteiger partial charge in [0, 0.05) is 18.3 Å². The summed E-state index contributed by atoms with van der Waals surface area (Å²) in [7, 11) is 0. The molecule has 0 unspecified atom stereocenters. The standard InChI is InChI=1S/C11H13F3N4O2/c1-7-5-8(2)17(16-7)6-9(19)18-10(20,3-4-15-18)11(12,13)14/h4-5,20H,3,6H2,1-2H3/t10-/m1/s1. The van der Waals surface area contributed by atoms with E-state index in [1.54, 1.807) is 19.9 Å². The average Bonchev–Trinajstić information content (AvgIpc) is 2.83. The van der Waals surface area contributed by atoms with Crippen LogP contribution in [0.25, 0.3) is 0 Å². The quantitative estimate of drug-likeness (QED) is 0.882. The molecule has 2 heterocycles. The normalized spacial score (nSPS) is 22.6. The van der Waals surface area contributed by atoms with Gasteiger partial charge in [-0.2, -0.15) is 28.4 Å². The van der Waals surface area contributed by atoms with Crippen molar-refractivity contribution in [2.75, 3.05) is 0 Å². The lowest BCUT2D eigenvalue weighted by Gasteiger charge is -2.32. The lowest BCUT2D eigenvalue weighted by atomic mass is 10.1. The number of hydrazone groups is 1. The highest BCUT2D eigenvalue weighted by Gasteiger charge is 2.61. The molecule has 0 saturated carbocycles. The molecule has 1 atom stereocenters. The van der Waals surface area contributed by atoms with Crippen molar-refractivity contribution in [3.8, 4) is 0 Å². The van der Waals surface area contributed by atoms with E-state index in [1.807, 2.05) is 0 Å². The molecule has 2 rings (SSSR count). The van der Waals surface area contributed by atoms with E-state index in [4.69, 9.17) is 0 Å². The molecule has 0 saturated heterocycles. The summed E-state index contributed by atoms with van der Waals surface area (Å²) in [4.78, 5) is 11.9. The molecule has 0 spiro atoms. The third kappa shape index (κ3) is 2.28. The molecule has 0 aromatic carbocycles. The average molecular weight is 290 g/mol. The minimum Gasteiger partial charge on any atom is -0.362 e. The Morgan fingerprint density at radius 3 is 2.65 bits per heavy atom. The summed E-state index contributed by atoms with van der Waals surface area (Å²) in [6.45, 7) is 2.96. The summed E-state index contributed by atoms with van der Waals surface area (Å²) in [5, 5.41) is 17.0. The fraction of sp³-hybridized carbons (Fsp3) is 0.545. The van der Waals surface area contributed by atoms with Crippen molar-refractivity contribution in [2.45, 2.75) is 38.7 Å². The lowest BCUT2D eigenvalue weighted by Crippen LogP contribution is -2.57. The zero-order valence-electron chi connectivity index (χ0n) is 10.8. The highest BCUT2D eigenvalue weighted by atomic mass is 19.4. The molecule has 1 aromatic rings. The van der Waals surface area contributed by atoms with Gasteiger partial charge in [0.05, 0.1) is 5.69 Å². The summed E-state index contributed by atoms with van der Waals surface area (Å²) in [5.74, 6) is -0.982. The first kappa shape index (κ1) is 14.5. The van der Waals surface area contributed by atoms with Crippen molar-refractivity contribution in [2.24, 2.45) is 5.10 Å². The fourth-order valence-corrected chi connectivity index (χ4v) is 1.97. The third-order valence-electron chi connectivity index (χ3n) is 3.00. The van der Waals surface area contributed by atoms with Gasteiger partial charge in [-0.25, -0.2) is 0 Å². The molecule has 20 heavy (non-hydrogen) atoms. The number of nitrogens with zero attached hydrogens (tertiary/aromatic N) is 4. The summed E-state index contributed by atoms with van der Waals surface area (Å²) in [6.07, 6.45) is -4.89. The van der Waals surface area contributed by atoms with Crippen LogP contribution in [-0.4, -0.2) is 43.9 Å². The SMILES string of the molecule is Cc1cc(C)n(CC(=O)N2N=CC[C@@]2(O)C(F)(F)F)n1. The second kappa shape index (κ2) is 4.58. The molecule has 0 radical (unpaired) electrons. The van der Waals surface area contributed by atoms with Gasteiger partial charge in [-0.05, 0) is 19.9 Å². The minimum atomic E-state index is -4.98. The third-order valence-corrected chi connectivity index (χ3v) is 3.00. The Morgan fingerprint density at radius 1 is 1.50 bits per heavy atom. The molecular weight excluding hydrogens is 277 g/mol. The Morgan fingerprint density at radius 2 is 2.15 bits per heavy atom. The van der Waals surface area contributed by atoms with E-state index in [-0.39, 0.29) is 5.01 Å². The molecule has 1 amide bonds. The molecule has 0 bridgehead atoms. The van der Waals surface area contributed by atoms with Crippen LogP contribution < -0.4 is 0 Å². The van der Waals surface area contributed by atoms with Gasteiger partial charge >= 0.3 is 6.18 Å². The number of halogens is 3. The number of carbonyl (C=O) groups is 1. The van der Waals surface area contributed by atoms with Crippen LogP contribution >= 0.6 is 0 Å². The van der Waals surface area contributed by atoms with Crippen LogP contribution in [0.5, 0.6) is 0 Å². The van der Waals surface area contributed by atoms with Gasteiger partial charge in [0.1, 0.15) is 6.54 Å². The van der Waals surface area contributed by atoms with E-state index in [2.05, 4.69) is 10.2 Å². The maximum atomic E-state index is 12.8. The maximum Gasteiger partial charge on any atom is 0.438 e. The topological polar surface area (TPSA) is 70.7 Å². The first-order chi connectivity index (χ1) is 9.15. The van der Waals surface area contributed by atoms with Gasteiger partial charge in [-0.3, -0.25) is 9.48 Å². The van der Waals surface area contributed by atoms with Crippen LogP contribution in [0.1, 0.15) is 17.8 Å². The van der Waals surface area contributed by atoms with E-state index >= 15 is 0 Å². The maximum absolute atomic E-state index is 12.8. The molecule has 0 aliphatic carbocycles. The molecule has 1 aromatic heterocycles. The summed E-state index contributed by atoms with van der Waals surface area (Å²) < 4.78 is 39.8. The zero-order chi connectivity index (χ0) is 15.1. The van der Waals surface area contributed by atoms with Crippen molar-refractivity contribution >= 4 is 12.1 Å². The number of aryl methyl sites for hydroxylation is 2. The van der Waals surface area contributed by atoms with E-state index in [0.717, 1.165) is 6.21 Å². The first-order valence-electron chi connectivity index (χ1n) is 5.81. The number of amides is 1. The Labute approximate surface area is 112 Å². The number of hydrogen-bond acceptors (Lipinski definition) is 4. The largest absolute Gasteiger partial charge is 0.438 e. The molecular formula is C11H13F3N4O2. The van der Waals surface area contributed by atoms with Crippen molar-refractivity contribution in [1.29, 1.82) is 0 Å². The number of aliphatic hydroxyl groups is 1. The number of rotatable bonds is 2. The van der Waals surface area contributed by atoms with Gasteiger partial charge in [0.25, 0.3) is 11.6 Å². The molecule has 1 aliphatic heterocycles. The van der Waals surface area contributed by atoms with E-state index in [1.165, 1.54) is 4.68 Å². The Balaban J connectivity index is 2.21. The van der Waals surface area contributed by atoms with E-state index in [9.17, 15) is 23.1 Å². The molecule has 110 valence electrons. The summed E-state index contributed by atoms with van der Waals surface area (Å²) in [6, 6.07) is 1.69. The highest BCUT2D eigenvalue weighted by Crippen LogP contribution is 2.38. The highest BCUT2D eigenvalue weighted by molar-refractivity contribution is 5.80. The zero-order valence-corrected chi connectivity index (χ0v) is 10.8. The van der Waals surface area contributed by atoms with Gasteiger partial charge in [0.15, 0.2) is 0 Å². The molecule has 6 nitrogen and oxygen atoms in total. The Kier molecular flexibility index (Phi) is 3.32. The van der Waals surface area contributed by atoms with Crippen molar-refractivity contribution in [3.63, 3.8) is 0 Å². The van der Waals surface area contributed by atoms with Crippen molar-refractivity contribution in [1.82, 2.24) is 14.8 Å². The molecule has 1 N–H and O–H groups in total. The fourth-order valence-electron chi connectivity index (χ4n) is 1.97. The van der Waals surface area contributed by atoms with Crippen molar-refractivity contribution < 1.29 is 23.1 Å². The van der Waals surface area contributed by atoms with Crippen LogP contribution in [0.4, 0.5) is 13.2 Å². The predicted octanol–water partition coefficient (Wildman–Crippen LogP) is 0.969. The van der Waals surface area contributed by atoms with Crippen molar-refractivity contribution in [3.05, 3.63) is 17.5 Å². The summed E-state index contributed by atoms with van der Waals surface area (Å²) in [5.41, 5.74) is -2.00. The number of alkyl halides is 3. The van der Waals surface area contributed by atoms with E-state index < -0.39 is 30.8 Å². The molecule has 0 fully saturated rings. The van der Waals surface area contributed by atoms with Crippen LogP contribution in [0.15, 0.2) is 11.2 Å². The van der Waals surface area contributed by atoms with Crippen LogP contribution in [0.3, 0.4) is 0 Å². The minimum absolute atomic E-state index is 0.0729. The predicted molar refractivity (Wildman–Crippen MR) is 62.7 cm³/mol.